The Kier molecular flexibility index (Phi) is 5.34. The molecule has 3 heteroatoms. The van der Waals surface area contributed by atoms with Gasteiger partial charge in [-0.3, -0.25) is 0 Å². The second-order valence-electron chi connectivity index (χ2n) is 4.95. The Balaban J connectivity index is 2.17. The predicted molar refractivity (Wildman–Crippen MR) is 87.7 cm³/mol. The van der Waals surface area contributed by atoms with Gasteiger partial charge in [-0.25, -0.2) is 8.42 Å². The first kappa shape index (κ1) is 15.5. The largest absolute Gasteiger partial charge is 0.219 e. The minimum absolute atomic E-state index is 0.343. The molecule has 21 heavy (non-hydrogen) atoms. The normalized spacial score (nSPS) is 11.9. The van der Waals surface area contributed by atoms with Crippen molar-refractivity contribution in [3.8, 4) is 11.1 Å². The molecular formula is C18H20O2S. The zero-order chi connectivity index (χ0) is 15.1. The van der Waals surface area contributed by atoms with Gasteiger partial charge in [0.15, 0.2) is 9.84 Å². The summed E-state index contributed by atoms with van der Waals surface area (Å²) in [4.78, 5) is 0.343. The van der Waals surface area contributed by atoms with E-state index in [1.54, 1.807) is 18.2 Å². The summed E-state index contributed by atoms with van der Waals surface area (Å²) in [5.74, 6) is 0. The van der Waals surface area contributed by atoms with E-state index in [0.717, 1.165) is 30.4 Å². The quantitative estimate of drug-likeness (QED) is 0.716. The van der Waals surface area contributed by atoms with E-state index in [1.807, 2.05) is 42.5 Å². The summed E-state index contributed by atoms with van der Waals surface area (Å²) in [5.41, 5.74) is 2.10. The minimum Gasteiger partial charge on any atom is -0.219 e. The number of hydrogen-bond acceptors (Lipinski definition) is 2. The molecule has 2 aromatic rings. The Morgan fingerprint density at radius 3 is 2.14 bits per heavy atom. The zero-order valence-electron chi connectivity index (χ0n) is 12.2. The average Bonchev–Trinajstić information content (AvgIpc) is 2.53. The fraction of sp³-hybridized carbons (Fsp3) is 0.222. The van der Waals surface area contributed by atoms with Crippen LogP contribution >= 0.6 is 0 Å². The summed E-state index contributed by atoms with van der Waals surface area (Å²) in [6, 6.07) is 17.0. The summed E-state index contributed by atoms with van der Waals surface area (Å²) in [7, 11) is -3.32. The van der Waals surface area contributed by atoms with Crippen LogP contribution in [0.2, 0.25) is 0 Å². The molecule has 0 N–H and O–H groups in total. The highest BCUT2D eigenvalue weighted by molar-refractivity contribution is 7.94. The van der Waals surface area contributed by atoms with Gasteiger partial charge in [-0.1, -0.05) is 68.3 Å². The van der Waals surface area contributed by atoms with Gasteiger partial charge in [-0.2, -0.15) is 0 Å². The van der Waals surface area contributed by atoms with Crippen molar-refractivity contribution < 1.29 is 8.42 Å². The molecular weight excluding hydrogens is 280 g/mol. The standard InChI is InChI=1S/C18H20O2S/c1-2-3-4-8-15-21(19,20)18-13-11-17(12-14-18)16-9-6-5-7-10-16/h5-15H,2-4H2,1H3/b15-8+. The van der Waals surface area contributed by atoms with E-state index >= 15 is 0 Å². The van der Waals surface area contributed by atoms with Crippen molar-refractivity contribution in [2.75, 3.05) is 0 Å². The van der Waals surface area contributed by atoms with Gasteiger partial charge in [0, 0.05) is 5.41 Å². The maximum atomic E-state index is 12.2. The van der Waals surface area contributed by atoms with Gasteiger partial charge in [0.25, 0.3) is 0 Å². The second kappa shape index (κ2) is 7.23. The van der Waals surface area contributed by atoms with Crippen molar-refractivity contribution in [1.82, 2.24) is 0 Å². The molecule has 2 nitrogen and oxygen atoms in total. The monoisotopic (exact) mass is 300 g/mol. The van der Waals surface area contributed by atoms with E-state index in [9.17, 15) is 8.42 Å². The Morgan fingerprint density at radius 2 is 1.52 bits per heavy atom. The van der Waals surface area contributed by atoms with Crippen molar-refractivity contribution in [3.05, 3.63) is 66.1 Å². The average molecular weight is 300 g/mol. The van der Waals surface area contributed by atoms with Gasteiger partial charge >= 0.3 is 0 Å². The Labute approximate surface area is 127 Å². The molecule has 0 saturated heterocycles. The minimum atomic E-state index is -3.32. The first-order chi connectivity index (χ1) is 10.1. The molecule has 0 amide bonds. The smallest absolute Gasteiger partial charge is 0.199 e. The lowest BCUT2D eigenvalue weighted by atomic mass is 10.1. The lowest BCUT2D eigenvalue weighted by Gasteiger charge is -2.03. The van der Waals surface area contributed by atoms with Crippen LogP contribution in [-0.4, -0.2) is 8.42 Å². The molecule has 0 spiro atoms. The molecule has 0 radical (unpaired) electrons. The molecule has 0 aliphatic rings. The van der Waals surface area contributed by atoms with Gasteiger partial charge in [-0.15, -0.1) is 0 Å². The fourth-order valence-corrected chi connectivity index (χ4v) is 3.12. The van der Waals surface area contributed by atoms with Crippen LogP contribution in [0, 0.1) is 0 Å². The number of sulfone groups is 1. The molecule has 0 saturated carbocycles. The summed E-state index contributed by atoms with van der Waals surface area (Å²) >= 11 is 0. The van der Waals surface area contributed by atoms with Gasteiger partial charge < -0.3 is 0 Å². The molecule has 0 heterocycles. The Hall–Kier alpha value is -1.87. The molecule has 0 aliphatic carbocycles. The van der Waals surface area contributed by atoms with Crippen LogP contribution in [0.5, 0.6) is 0 Å². The van der Waals surface area contributed by atoms with E-state index in [-0.39, 0.29) is 0 Å². The highest BCUT2D eigenvalue weighted by Crippen LogP contribution is 2.21. The highest BCUT2D eigenvalue weighted by atomic mass is 32.2. The number of unbranched alkanes of at least 4 members (excludes halogenated alkanes) is 2. The van der Waals surface area contributed by atoms with E-state index < -0.39 is 9.84 Å². The molecule has 0 aliphatic heterocycles. The lowest BCUT2D eigenvalue weighted by molar-refractivity contribution is 0.604. The second-order valence-corrected chi connectivity index (χ2v) is 6.78. The number of allylic oxidation sites excluding steroid dienone is 1. The topological polar surface area (TPSA) is 34.1 Å². The van der Waals surface area contributed by atoms with Crippen LogP contribution < -0.4 is 0 Å². The summed E-state index contributed by atoms with van der Waals surface area (Å²) in [5, 5.41) is 1.32. The predicted octanol–water partition coefficient (Wildman–Crippen LogP) is 4.83. The van der Waals surface area contributed by atoms with Gasteiger partial charge in [0.05, 0.1) is 4.90 Å². The first-order valence-corrected chi connectivity index (χ1v) is 8.75. The SMILES string of the molecule is CCCC/C=C/S(=O)(=O)c1ccc(-c2ccccc2)cc1. The number of benzene rings is 2. The Bertz CT molecular complexity index is 684. The van der Waals surface area contributed by atoms with Crippen molar-refractivity contribution in [1.29, 1.82) is 0 Å². The lowest BCUT2D eigenvalue weighted by Crippen LogP contribution is -1.96. The van der Waals surface area contributed by atoms with Crippen LogP contribution in [0.25, 0.3) is 11.1 Å². The highest BCUT2D eigenvalue weighted by Gasteiger charge is 2.09. The van der Waals surface area contributed by atoms with E-state index in [4.69, 9.17) is 0 Å². The molecule has 2 aromatic carbocycles. The van der Waals surface area contributed by atoms with Crippen molar-refractivity contribution >= 4 is 9.84 Å². The van der Waals surface area contributed by atoms with Gasteiger partial charge in [-0.05, 0) is 29.7 Å². The van der Waals surface area contributed by atoms with Crippen molar-refractivity contribution in [2.45, 2.75) is 31.1 Å². The van der Waals surface area contributed by atoms with Crippen molar-refractivity contribution in [2.24, 2.45) is 0 Å². The third kappa shape index (κ3) is 4.30. The fourth-order valence-electron chi connectivity index (χ4n) is 2.06. The maximum Gasteiger partial charge on any atom is 0.199 e. The molecule has 0 unspecified atom stereocenters. The van der Waals surface area contributed by atoms with Gasteiger partial charge in [0.1, 0.15) is 0 Å². The molecule has 0 atom stereocenters. The Morgan fingerprint density at radius 1 is 0.905 bits per heavy atom. The summed E-state index contributed by atoms with van der Waals surface area (Å²) < 4.78 is 24.3. The van der Waals surface area contributed by atoms with E-state index in [1.165, 1.54) is 5.41 Å². The first-order valence-electron chi connectivity index (χ1n) is 7.20. The zero-order valence-corrected chi connectivity index (χ0v) is 13.0. The number of hydrogen-bond donors (Lipinski definition) is 0. The van der Waals surface area contributed by atoms with Crippen LogP contribution in [0.4, 0.5) is 0 Å². The van der Waals surface area contributed by atoms with Gasteiger partial charge in [0.2, 0.25) is 0 Å². The molecule has 2 rings (SSSR count). The summed E-state index contributed by atoms with van der Waals surface area (Å²) in [6.45, 7) is 2.09. The van der Waals surface area contributed by atoms with Crippen LogP contribution in [-0.2, 0) is 9.84 Å². The molecule has 0 fully saturated rings. The summed E-state index contributed by atoms with van der Waals surface area (Å²) in [6.07, 6.45) is 4.62. The molecule has 110 valence electrons. The number of rotatable bonds is 6. The van der Waals surface area contributed by atoms with Crippen molar-refractivity contribution in [3.63, 3.8) is 0 Å². The third-order valence-electron chi connectivity index (χ3n) is 3.29. The van der Waals surface area contributed by atoms with Crippen LogP contribution in [0.15, 0.2) is 71.0 Å². The maximum absolute atomic E-state index is 12.2. The third-order valence-corrected chi connectivity index (χ3v) is 4.77. The van der Waals surface area contributed by atoms with Crippen LogP contribution in [0.3, 0.4) is 0 Å². The van der Waals surface area contributed by atoms with E-state index in [0.29, 0.717) is 4.90 Å². The molecule has 0 aromatic heterocycles. The molecule has 0 bridgehead atoms. The van der Waals surface area contributed by atoms with Crippen LogP contribution in [0.1, 0.15) is 26.2 Å². The van der Waals surface area contributed by atoms with E-state index in [2.05, 4.69) is 6.92 Å².